The van der Waals surface area contributed by atoms with Crippen LogP contribution in [-0.2, 0) is 11.2 Å². The smallest absolute Gasteiger partial charge is 0.326 e. The van der Waals surface area contributed by atoms with Crippen LogP contribution in [0.5, 0.6) is 0 Å². The molecule has 1 fully saturated rings. The quantitative estimate of drug-likeness (QED) is 0.897. The van der Waals surface area contributed by atoms with Gasteiger partial charge in [0.25, 0.3) is 0 Å². The molecule has 5 nitrogen and oxygen atoms in total. The minimum atomic E-state index is -0.821. The minimum Gasteiger partial charge on any atom is -0.480 e. The molecule has 1 aliphatic rings. The van der Waals surface area contributed by atoms with Crippen molar-refractivity contribution in [2.75, 3.05) is 11.4 Å². The Kier molecular flexibility index (Phi) is 5.26. The number of hydrogen-bond donors (Lipinski definition) is 1. The molecule has 1 aromatic heterocycles. The monoisotopic (exact) mass is 343 g/mol. The third-order valence-corrected chi connectivity index (χ3v) is 4.46. The Morgan fingerprint density at radius 3 is 2.72 bits per heavy atom. The molecule has 1 unspecified atom stereocenters. The van der Waals surface area contributed by atoms with E-state index in [1.54, 1.807) is 12.1 Å². The second kappa shape index (κ2) is 7.59. The van der Waals surface area contributed by atoms with Gasteiger partial charge in [-0.05, 0) is 49.9 Å². The van der Waals surface area contributed by atoms with Gasteiger partial charge in [-0.2, -0.15) is 0 Å². The zero-order chi connectivity index (χ0) is 17.8. The number of carbonyl (C=O) groups is 1. The average molecular weight is 343 g/mol. The van der Waals surface area contributed by atoms with E-state index >= 15 is 0 Å². The van der Waals surface area contributed by atoms with Crippen LogP contribution in [0, 0.1) is 5.82 Å². The van der Waals surface area contributed by atoms with Gasteiger partial charge in [0.2, 0.25) is 0 Å². The zero-order valence-electron chi connectivity index (χ0n) is 14.3. The number of carboxylic acids is 1. The van der Waals surface area contributed by atoms with Crippen molar-refractivity contribution in [2.45, 2.75) is 45.1 Å². The van der Waals surface area contributed by atoms with Crippen LogP contribution in [0.25, 0.3) is 11.4 Å². The maximum atomic E-state index is 13.2. The van der Waals surface area contributed by atoms with Crippen LogP contribution in [0.4, 0.5) is 10.2 Å². The molecule has 2 aromatic rings. The summed E-state index contributed by atoms with van der Waals surface area (Å²) in [7, 11) is 0. The third kappa shape index (κ3) is 3.95. The van der Waals surface area contributed by atoms with E-state index in [2.05, 4.69) is 16.9 Å². The molecular weight excluding hydrogens is 321 g/mol. The van der Waals surface area contributed by atoms with E-state index in [1.165, 1.54) is 12.1 Å². The summed E-state index contributed by atoms with van der Waals surface area (Å²) in [5.74, 6) is 0.0230. The molecule has 0 aliphatic carbocycles. The molecular formula is C19H22FN3O2. The first kappa shape index (κ1) is 17.3. The topological polar surface area (TPSA) is 66.3 Å². The van der Waals surface area contributed by atoms with Crippen molar-refractivity contribution in [3.8, 4) is 11.4 Å². The molecule has 1 N–H and O–H groups in total. The molecule has 25 heavy (non-hydrogen) atoms. The zero-order valence-corrected chi connectivity index (χ0v) is 14.3. The van der Waals surface area contributed by atoms with E-state index in [0.29, 0.717) is 24.6 Å². The van der Waals surface area contributed by atoms with Gasteiger partial charge in [0.05, 0.1) is 0 Å². The van der Waals surface area contributed by atoms with E-state index in [-0.39, 0.29) is 5.82 Å². The van der Waals surface area contributed by atoms with Crippen LogP contribution in [0.15, 0.2) is 30.3 Å². The van der Waals surface area contributed by atoms with Crippen molar-refractivity contribution in [2.24, 2.45) is 0 Å². The lowest BCUT2D eigenvalue weighted by atomic mass is 10.0. The van der Waals surface area contributed by atoms with Crippen LogP contribution >= 0.6 is 0 Å². The normalized spacial score (nSPS) is 17.5. The van der Waals surface area contributed by atoms with E-state index in [1.807, 2.05) is 11.0 Å². The van der Waals surface area contributed by atoms with E-state index in [0.717, 1.165) is 36.9 Å². The van der Waals surface area contributed by atoms with Gasteiger partial charge in [-0.1, -0.05) is 13.3 Å². The van der Waals surface area contributed by atoms with E-state index in [4.69, 9.17) is 0 Å². The highest BCUT2D eigenvalue weighted by Crippen LogP contribution is 2.27. The molecule has 1 atom stereocenters. The van der Waals surface area contributed by atoms with Gasteiger partial charge in [0.15, 0.2) is 5.82 Å². The van der Waals surface area contributed by atoms with Crippen molar-refractivity contribution in [3.05, 3.63) is 41.8 Å². The SMILES string of the molecule is CCCc1cc(N2CCCCC2C(=O)O)nc(-c2ccc(F)cc2)n1. The van der Waals surface area contributed by atoms with Crippen molar-refractivity contribution < 1.29 is 14.3 Å². The van der Waals surface area contributed by atoms with Gasteiger partial charge in [-0.3, -0.25) is 0 Å². The Balaban J connectivity index is 2.03. The molecule has 1 aromatic carbocycles. The Hall–Kier alpha value is -2.50. The van der Waals surface area contributed by atoms with Crippen molar-refractivity contribution in [1.29, 1.82) is 0 Å². The summed E-state index contributed by atoms with van der Waals surface area (Å²) in [6, 6.07) is 7.39. The summed E-state index contributed by atoms with van der Waals surface area (Å²) in [5, 5.41) is 9.53. The number of halogens is 1. The van der Waals surface area contributed by atoms with Crippen LogP contribution in [0.2, 0.25) is 0 Å². The van der Waals surface area contributed by atoms with Crippen LogP contribution in [0.1, 0.15) is 38.3 Å². The number of anilines is 1. The van der Waals surface area contributed by atoms with Gasteiger partial charge in [-0.15, -0.1) is 0 Å². The standard InChI is InChI=1S/C19H22FN3O2/c1-2-5-15-12-17(23-11-4-3-6-16(23)19(24)25)22-18(21-15)13-7-9-14(20)10-8-13/h7-10,12,16H,2-6,11H2,1H3,(H,24,25). The first-order valence-corrected chi connectivity index (χ1v) is 8.72. The second-order valence-corrected chi connectivity index (χ2v) is 6.34. The van der Waals surface area contributed by atoms with Crippen LogP contribution in [-0.4, -0.2) is 33.6 Å². The molecule has 132 valence electrons. The van der Waals surface area contributed by atoms with Crippen molar-refractivity contribution in [3.63, 3.8) is 0 Å². The Morgan fingerprint density at radius 1 is 1.28 bits per heavy atom. The molecule has 0 saturated carbocycles. The first-order chi connectivity index (χ1) is 12.1. The summed E-state index contributed by atoms with van der Waals surface area (Å²) >= 11 is 0. The largest absolute Gasteiger partial charge is 0.480 e. The first-order valence-electron chi connectivity index (χ1n) is 8.72. The molecule has 1 saturated heterocycles. The van der Waals surface area contributed by atoms with Crippen LogP contribution < -0.4 is 4.90 Å². The fourth-order valence-corrected chi connectivity index (χ4v) is 3.21. The predicted octanol–water partition coefficient (Wildman–Crippen LogP) is 3.68. The fraction of sp³-hybridized carbons (Fsp3) is 0.421. The summed E-state index contributed by atoms with van der Waals surface area (Å²) in [6.45, 7) is 2.74. The maximum absolute atomic E-state index is 13.2. The predicted molar refractivity (Wildman–Crippen MR) is 94.0 cm³/mol. The van der Waals surface area contributed by atoms with Gasteiger partial charge < -0.3 is 10.0 Å². The highest BCUT2D eigenvalue weighted by atomic mass is 19.1. The average Bonchev–Trinajstić information content (AvgIpc) is 2.62. The lowest BCUT2D eigenvalue weighted by Gasteiger charge is -2.34. The number of aliphatic carboxylic acids is 1. The van der Waals surface area contributed by atoms with E-state index < -0.39 is 12.0 Å². The van der Waals surface area contributed by atoms with Gasteiger partial charge in [0, 0.05) is 23.9 Å². The Morgan fingerprint density at radius 2 is 2.04 bits per heavy atom. The summed E-state index contributed by atoms with van der Waals surface area (Å²) in [5.41, 5.74) is 1.60. The summed E-state index contributed by atoms with van der Waals surface area (Å²) < 4.78 is 13.2. The number of piperidine rings is 1. The number of hydrogen-bond acceptors (Lipinski definition) is 4. The lowest BCUT2D eigenvalue weighted by Crippen LogP contribution is -2.45. The van der Waals surface area contributed by atoms with Crippen molar-refractivity contribution in [1.82, 2.24) is 9.97 Å². The van der Waals surface area contributed by atoms with Crippen LogP contribution in [0.3, 0.4) is 0 Å². The molecule has 1 aliphatic heterocycles. The molecule has 3 rings (SSSR count). The summed E-state index contributed by atoms with van der Waals surface area (Å²) in [4.78, 5) is 22.7. The highest BCUT2D eigenvalue weighted by molar-refractivity contribution is 5.78. The van der Waals surface area contributed by atoms with E-state index in [9.17, 15) is 14.3 Å². The number of aromatic nitrogens is 2. The molecule has 0 radical (unpaired) electrons. The number of carboxylic acid groups (broad SMARTS) is 1. The minimum absolute atomic E-state index is 0.310. The Labute approximate surface area is 146 Å². The molecule has 0 amide bonds. The molecule has 6 heteroatoms. The highest BCUT2D eigenvalue weighted by Gasteiger charge is 2.30. The maximum Gasteiger partial charge on any atom is 0.326 e. The number of rotatable bonds is 5. The molecule has 0 spiro atoms. The van der Waals surface area contributed by atoms with Gasteiger partial charge in [0.1, 0.15) is 17.7 Å². The van der Waals surface area contributed by atoms with Gasteiger partial charge >= 0.3 is 5.97 Å². The number of benzene rings is 1. The Bertz CT molecular complexity index is 749. The number of nitrogens with zero attached hydrogens (tertiary/aromatic N) is 3. The second-order valence-electron chi connectivity index (χ2n) is 6.34. The third-order valence-electron chi connectivity index (χ3n) is 4.46. The molecule has 0 bridgehead atoms. The van der Waals surface area contributed by atoms with Gasteiger partial charge in [-0.25, -0.2) is 19.2 Å². The molecule has 2 heterocycles. The fourth-order valence-electron chi connectivity index (χ4n) is 3.21. The number of aryl methyl sites for hydroxylation is 1. The summed E-state index contributed by atoms with van der Waals surface area (Å²) in [6.07, 6.45) is 4.19. The van der Waals surface area contributed by atoms with Crippen molar-refractivity contribution >= 4 is 11.8 Å². The lowest BCUT2D eigenvalue weighted by molar-refractivity contribution is -0.139.